The highest BCUT2D eigenvalue weighted by atomic mass is 16.5. The lowest BCUT2D eigenvalue weighted by atomic mass is 9.98. The molecule has 0 atom stereocenters. The second-order valence-electron chi connectivity index (χ2n) is 13.8. The van der Waals surface area contributed by atoms with Crippen LogP contribution in [-0.4, -0.2) is 9.13 Å². The summed E-state index contributed by atoms with van der Waals surface area (Å²) in [6.07, 6.45) is 2.22. The Bertz CT molecular complexity index is 2910. The molecule has 54 heavy (non-hydrogen) atoms. The standard InChI is InChI=1S/C50H33N3O/c1-3-13-34(14-4-1)36-31-37(35-15-5-2-6-16-35)33-40(32-36)51-30-29-43-44(51)28-27-42-41-17-7-8-18-45(41)53(50(42)43)39-25-23-38(24-26-39)52-46-19-9-11-21-48(46)54-49-22-12-10-20-47(49)52/h1-33H. The molecule has 0 radical (unpaired) electrons. The van der Waals surface area contributed by atoms with Gasteiger partial charge in [-0.05, 0) is 107 Å². The van der Waals surface area contributed by atoms with Crippen molar-refractivity contribution in [3.63, 3.8) is 0 Å². The van der Waals surface area contributed by atoms with E-state index in [0.717, 1.165) is 45.5 Å². The van der Waals surface area contributed by atoms with Crippen molar-refractivity contribution in [3.05, 3.63) is 200 Å². The number of ether oxygens (including phenoxy) is 1. The molecule has 0 aliphatic carbocycles. The molecule has 0 amide bonds. The molecule has 4 nitrogen and oxygen atoms in total. The van der Waals surface area contributed by atoms with Crippen LogP contribution in [0.2, 0.25) is 0 Å². The van der Waals surface area contributed by atoms with E-state index in [0.29, 0.717) is 0 Å². The van der Waals surface area contributed by atoms with Crippen LogP contribution in [0, 0.1) is 0 Å². The van der Waals surface area contributed by atoms with Crippen LogP contribution in [0.3, 0.4) is 0 Å². The number of nitrogens with zero attached hydrogens (tertiary/aromatic N) is 3. The third-order valence-corrected chi connectivity index (χ3v) is 10.7. The molecule has 0 saturated carbocycles. The molecule has 0 spiro atoms. The molecule has 11 rings (SSSR count). The number of benzene rings is 8. The van der Waals surface area contributed by atoms with Crippen molar-refractivity contribution in [1.29, 1.82) is 0 Å². The first-order chi connectivity index (χ1) is 26.8. The predicted octanol–water partition coefficient (Wildman–Crippen LogP) is 13.6. The second kappa shape index (κ2) is 12.1. The molecule has 1 aliphatic rings. The Morgan fingerprint density at radius 3 is 1.59 bits per heavy atom. The summed E-state index contributed by atoms with van der Waals surface area (Å²) in [6, 6.07) is 69.2. The van der Waals surface area contributed by atoms with E-state index < -0.39 is 0 Å². The first kappa shape index (κ1) is 30.3. The van der Waals surface area contributed by atoms with Gasteiger partial charge in [0.25, 0.3) is 0 Å². The van der Waals surface area contributed by atoms with Crippen LogP contribution in [0.5, 0.6) is 11.5 Å². The lowest BCUT2D eigenvalue weighted by Gasteiger charge is -2.32. The van der Waals surface area contributed by atoms with Crippen LogP contribution in [0.1, 0.15) is 0 Å². The highest BCUT2D eigenvalue weighted by molar-refractivity contribution is 6.18. The number of fused-ring (bicyclic) bond motifs is 7. The van der Waals surface area contributed by atoms with Gasteiger partial charge < -0.3 is 18.8 Å². The Balaban J connectivity index is 1.09. The normalized spacial score (nSPS) is 12.2. The molecule has 1 aliphatic heterocycles. The van der Waals surface area contributed by atoms with Crippen molar-refractivity contribution in [1.82, 2.24) is 9.13 Å². The third kappa shape index (κ3) is 4.78. The molecule has 4 heteroatoms. The summed E-state index contributed by atoms with van der Waals surface area (Å²) in [6.45, 7) is 0. The van der Waals surface area contributed by atoms with Gasteiger partial charge in [0.1, 0.15) is 0 Å². The fourth-order valence-electron chi connectivity index (χ4n) is 8.25. The largest absolute Gasteiger partial charge is 0.453 e. The van der Waals surface area contributed by atoms with Gasteiger partial charge in [-0.3, -0.25) is 0 Å². The Labute approximate surface area is 313 Å². The Hall–Kier alpha value is -7.30. The quantitative estimate of drug-likeness (QED) is 0.179. The van der Waals surface area contributed by atoms with Crippen molar-refractivity contribution in [3.8, 4) is 45.1 Å². The van der Waals surface area contributed by atoms with Crippen molar-refractivity contribution < 1.29 is 4.74 Å². The highest BCUT2D eigenvalue weighted by Gasteiger charge is 2.25. The van der Waals surface area contributed by atoms with Gasteiger partial charge in [0.05, 0.1) is 27.9 Å². The van der Waals surface area contributed by atoms with Crippen molar-refractivity contribution in [2.24, 2.45) is 0 Å². The molecule has 0 N–H and O–H groups in total. The second-order valence-corrected chi connectivity index (χ2v) is 13.8. The van der Waals surface area contributed by atoms with Gasteiger partial charge in [-0.1, -0.05) is 109 Å². The maximum atomic E-state index is 6.29. The predicted molar refractivity (Wildman–Crippen MR) is 223 cm³/mol. The number of rotatable bonds is 5. The third-order valence-electron chi connectivity index (χ3n) is 10.7. The molecule has 254 valence electrons. The zero-order valence-corrected chi connectivity index (χ0v) is 29.3. The van der Waals surface area contributed by atoms with E-state index in [1.165, 1.54) is 49.4 Å². The van der Waals surface area contributed by atoms with Crippen molar-refractivity contribution in [2.75, 3.05) is 4.90 Å². The van der Waals surface area contributed by atoms with Gasteiger partial charge in [0.15, 0.2) is 11.5 Å². The summed E-state index contributed by atoms with van der Waals surface area (Å²) in [5.74, 6) is 1.69. The molecule has 0 bridgehead atoms. The Morgan fingerprint density at radius 1 is 0.352 bits per heavy atom. The van der Waals surface area contributed by atoms with E-state index >= 15 is 0 Å². The lowest BCUT2D eigenvalue weighted by Crippen LogP contribution is -2.15. The van der Waals surface area contributed by atoms with Crippen LogP contribution >= 0.6 is 0 Å². The molecule has 0 fully saturated rings. The van der Waals surface area contributed by atoms with Crippen LogP contribution < -0.4 is 9.64 Å². The average molecular weight is 692 g/mol. The molecular formula is C50H33N3O. The lowest BCUT2D eigenvalue weighted by molar-refractivity contribution is 0.477. The smallest absolute Gasteiger partial charge is 0.151 e. The summed E-state index contributed by atoms with van der Waals surface area (Å²) in [4.78, 5) is 2.29. The summed E-state index contributed by atoms with van der Waals surface area (Å²) in [5, 5.41) is 3.67. The molecule has 10 aromatic rings. The van der Waals surface area contributed by atoms with E-state index in [9.17, 15) is 0 Å². The zero-order chi connectivity index (χ0) is 35.6. The van der Waals surface area contributed by atoms with E-state index in [4.69, 9.17) is 4.74 Å². The summed E-state index contributed by atoms with van der Waals surface area (Å²) >= 11 is 0. The Morgan fingerprint density at radius 2 is 0.926 bits per heavy atom. The van der Waals surface area contributed by atoms with Gasteiger partial charge in [-0.15, -0.1) is 0 Å². The number of para-hydroxylation sites is 5. The highest BCUT2D eigenvalue weighted by Crippen LogP contribution is 2.50. The maximum Gasteiger partial charge on any atom is 0.151 e. The first-order valence-corrected chi connectivity index (χ1v) is 18.3. The molecule has 2 aromatic heterocycles. The summed E-state index contributed by atoms with van der Waals surface area (Å²) in [5.41, 5.74) is 13.7. The number of hydrogen-bond acceptors (Lipinski definition) is 2. The topological polar surface area (TPSA) is 22.3 Å². The Kier molecular flexibility index (Phi) is 6.82. The minimum Gasteiger partial charge on any atom is -0.453 e. The van der Waals surface area contributed by atoms with Crippen molar-refractivity contribution >= 4 is 49.8 Å². The van der Waals surface area contributed by atoms with Gasteiger partial charge in [0.2, 0.25) is 0 Å². The van der Waals surface area contributed by atoms with Crippen LogP contribution in [-0.2, 0) is 0 Å². The van der Waals surface area contributed by atoms with Crippen LogP contribution in [0.4, 0.5) is 17.1 Å². The monoisotopic (exact) mass is 691 g/mol. The minimum atomic E-state index is 0.847. The van der Waals surface area contributed by atoms with Crippen molar-refractivity contribution in [2.45, 2.75) is 0 Å². The van der Waals surface area contributed by atoms with E-state index in [1.807, 2.05) is 24.3 Å². The molecule has 8 aromatic carbocycles. The average Bonchev–Trinajstić information content (AvgIpc) is 3.83. The zero-order valence-electron chi connectivity index (χ0n) is 29.3. The number of anilines is 3. The van der Waals surface area contributed by atoms with Crippen LogP contribution in [0.25, 0.3) is 66.3 Å². The summed E-state index contributed by atoms with van der Waals surface area (Å²) in [7, 11) is 0. The van der Waals surface area contributed by atoms with Crippen LogP contribution in [0.15, 0.2) is 200 Å². The fraction of sp³-hybridized carbons (Fsp3) is 0. The van der Waals surface area contributed by atoms with E-state index in [2.05, 4.69) is 190 Å². The number of hydrogen-bond donors (Lipinski definition) is 0. The number of aromatic nitrogens is 2. The fourth-order valence-corrected chi connectivity index (χ4v) is 8.25. The summed E-state index contributed by atoms with van der Waals surface area (Å²) < 4.78 is 11.1. The molecule has 0 saturated heterocycles. The molecule has 0 unspecified atom stereocenters. The maximum absolute atomic E-state index is 6.29. The van der Waals surface area contributed by atoms with E-state index in [1.54, 1.807) is 0 Å². The SMILES string of the molecule is c1ccc(-c2cc(-c3ccccc3)cc(-n3ccc4c3ccc3c5ccccc5n(-c5ccc(N6c7ccccc7Oc7ccccc76)cc5)c34)c2)cc1. The minimum absolute atomic E-state index is 0.847. The van der Waals surface area contributed by atoms with Gasteiger partial charge in [-0.25, -0.2) is 0 Å². The van der Waals surface area contributed by atoms with Gasteiger partial charge in [-0.2, -0.15) is 0 Å². The molecule has 3 heterocycles. The molecular weight excluding hydrogens is 659 g/mol. The van der Waals surface area contributed by atoms with Gasteiger partial charge in [0, 0.05) is 39.4 Å². The van der Waals surface area contributed by atoms with E-state index in [-0.39, 0.29) is 0 Å². The first-order valence-electron chi connectivity index (χ1n) is 18.3. The van der Waals surface area contributed by atoms with Gasteiger partial charge >= 0.3 is 0 Å².